The molecule has 0 spiro atoms. The summed E-state index contributed by atoms with van der Waals surface area (Å²) in [4.78, 5) is 45.2. The summed E-state index contributed by atoms with van der Waals surface area (Å²) in [5.41, 5.74) is 4.10. The summed E-state index contributed by atoms with van der Waals surface area (Å²) < 4.78 is 24.7. The van der Waals surface area contributed by atoms with Gasteiger partial charge in [-0.1, -0.05) is 90.2 Å². The highest BCUT2D eigenvalue weighted by Gasteiger charge is 2.35. The third-order valence-electron chi connectivity index (χ3n) is 7.91. The van der Waals surface area contributed by atoms with Crippen molar-refractivity contribution in [2.75, 3.05) is 19.8 Å². The highest BCUT2D eigenvalue weighted by Crippen LogP contribution is 2.35. The molecule has 50 heavy (non-hydrogen) atoms. The van der Waals surface area contributed by atoms with Crippen molar-refractivity contribution in [1.29, 1.82) is 0 Å². The molecule has 6 rings (SSSR count). The maximum absolute atomic E-state index is 14.2. The Labute approximate surface area is 293 Å². The SMILES string of the molecule is CCOC(=O)C1=C(c2ccccc2)N=c2s/c(=C\c3ccc(OCc4ccc(C(=O)OCC)cc4)c(OCC)c3)c(=O)n2[C@@H]1c1ccccc1. The Bertz CT molecular complexity index is 2210. The predicted molar refractivity (Wildman–Crippen MR) is 192 cm³/mol. The van der Waals surface area contributed by atoms with Gasteiger partial charge in [0.05, 0.1) is 47.2 Å². The fourth-order valence-corrected chi connectivity index (χ4v) is 6.66. The first-order valence-corrected chi connectivity index (χ1v) is 17.2. The third kappa shape index (κ3) is 7.30. The molecule has 0 saturated carbocycles. The van der Waals surface area contributed by atoms with E-state index in [-0.39, 0.29) is 24.7 Å². The Morgan fingerprint density at radius 1 is 0.780 bits per heavy atom. The van der Waals surface area contributed by atoms with E-state index in [0.29, 0.717) is 50.9 Å². The molecular formula is C40H36N2O7S. The number of carbonyl (C=O) groups is 2. The quantitative estimate of drug-likeness (QED) is 0.146. The molecule has 0 N–H and O–H groups in total. The van der Waals surface area contributed by atoms with Crippen molar-refractivity contribution >= 4 is 35.0 Å². The van der Waals surface area contributed by atoms with Gasteiger partial charge in [-0.05, 0) is 67.8 Å². The highest BCUT2D eigenvalue weighted by molar-refractivity contribution is 7.07. The second kappa shape index (κ2) is 15.7. The number of thiazole rings is 1. The first-order valence-electron chi connectivity index (χ1n) is 16.4. The van der Waals surface area contributed by atoms with Crippen LogP contribution < -0.4 is 24.4 Å². The van der Waals surface area contributed by atoms with E-state index in [1.165, 1.54) is 11.3 Å². The summed E-state index contributed by atoms with van der Waals surface area (Å²) in [6, 6.07) is 30.7. The molecule has 1 aromatic heterocycles. The van der Waals surface area contributed by atoms with Crippen LogP contribution in [0, 0.1) is 0 Å². The minimum Gasteiger partial charge on any atom is -0.490 e. The zero-order valence-electron chi connectivity index (χ0n) is 28.0. The fourth-order valence-electron chi connectivity index (χ4n) is 5.66. The molecule has 9 nitrogen and oxygen atoms in total. The van der Waals surface area contributed by atoms with Crippen LogP contribution in [0.4, 0.5) is 0 Å². The van der Waals surface area contributed by atoms with Gasteiger partial charge in [0.2, 0.25) is 0 Å². The van der Waals surface area contributed by atoms with E-state index in [0.717, 1.165) is 22.3 Å². The predicted octanol–water partition coefficient (Wildman–Crippen LogP) is 6.09. The molecule has 10 heteroatoms. The molecule has 0 aliphatic carbocycles. The lowest BCUT2D eigenvalue weighted by molar-refractivity contribution is -0.138. The van der Waals surface area contributed by atoms with Gasteiger partial charge in [-0.15, -0.1) is 0 Å². The number of carbonyl (C=O) groups excluding carboxylic acids is 2. The van der Waals surface area contributed by atoms with Gasteiger partial charge in [-0.3, -0.25) is 9.36 Å². The summed E-state index contributed by atoms with van der Waals surface area (Å²) in [5, 5.41) is 0. The van der Waals surface area contributed by atoms with Crippen LogP contribution in [-0.4, -0.2) is 36.3 Å². The number of ether oxygens (including phenoxy) is 4. The van der Waals surface area contributed by atoms with Gasteiger partial charge in [-0.25, -0.2) is 14.6 Å². The van der Waals surface area contributed by atoms with Crippen LogP contribution in [-0.2, 0) is 20.9 Å². The molecule has 1 atom stereocenters. The number of nitrogens with zero attached hydrogens (tertiary/aromatic N) is 2. The van der Waals surface area contributed by atoms with Crippen molar-refractivity contribution < 1.29 is 28.5 Å². The fraction of sp³-hybridized carbons (Fsp3) is 0.200. The highest BCUT2D eigenvalue weighted by atomic mass is 32.1. The molecule has 254 valence electrons. The smallest absolute Gasteiger partial charge is 0.338 e. The minimum atomic E-state index is -0.745. The molecule has 0 unspecified atom stereocenters. The topological polar surface area (TPSA) is 105 Å². The lowest BCUT2D eigenvalue weighted by atomic mass is 9.93. The van der Waals surface area contributed by atoms with Gasteiger partial charge in [-0.2, -0.15) is 0 Å². The van der Waals surface area contributed by atoms with E-state index in [4.69, 9.17) is 23.9 Å². The van der Waals surface area contributed by atoms with E-state index < -0.39 is 12.0 Å². The molecule has 0 fully saturated rings. The number of rotatable bonds is 12. The van der Waals surface area contributed by atoms with Crippen LogP contribution >= 0.6 is 11.3 Å². The van der Waals surface area contributed by atoms with Crippen molar-refractivity contribution in [3.05, 3.63) is 156 Å². The van der Waals surface area contributed by atoms with Crippen LogP contribution in [0.5, 0.6) is 11.5 Å². The Kier molecular flexibility index (Phi) is 10.7. The monoisotopic (exact) mass is 688 g/mol. The average Bonchev–Trinajstić information content (AvgIpc) is 3.45. The molecule has 1 aliphatic rings. The molecule has 0 bridgehead atoms. The zero-order valence-corrected chi connectivity index (χ0v) is 28.8. The maximum atomic E-state index is 14.2. The summed E-state index contributed by atoms with van der Waals surface area (Å²) in [5.74, 6) is 0.171. The molecule has 0 radical (unpaired) electrons. The number of fused-ring (bicyclic) bond motifs is 1. The van der Waals surface area contributed by atoms with E-state index in [9.17, 15) is 14.4 Å². The van der Waals surface area contributed by atoms with Gasteiger partial charge in [0.15, 0.2) is 16.3 Å². The van der Waals surface area contributed by atoms with Crippen LogP contribution in [0.3, 0.4) is 0 Å². The molecule has 0 saturated heterocycles. The van der Waals surface area contributed by atoms with Crippen LogP contribution in [0.1, 0.15) is 59.4 Å². The largest absolute Gasteiger partial charge is 0.490 e. The van der Waals surface area contributed by atoms with Crippen LogP contribution in [0.25, 0.3) is 11.8 Å². The molecule has 4 aromatic carbocycles. The van der Waals surface area contributed by atoms with Gasteiger partial charge >= 0.3 is 11.9 Å². The normalized spacial score (nSPS) is 14.1. The number of benzene rings is 4. The first-order chi connectivity index (χ1) is 24.4. The van der Waals surface area contributed by atoms with Crippen molar-refractivity contribution in [3.8, 4) is 11.5 Å². The molecule has 0 amide bonds. The third-order valence-corrected chi connectivity index (χ3v) is 8.90. The molecule has 1 aliphatic heterocycles. The van der Waals surface area contributed by atoms with Gasteiger partial charge < -0.3 is 18.9 Å². The van der Waals surface area contributed by atoms with Crippen molar-refractivity contribution in [3.63, 3.8) is 0 Å². The van der Waals surface area contributed by atoms with Crippen molar-refractivity contribution in [2.24, 2.45) is 4.99 Å². The maximum Gasteiger partial charge on any atom is 0.338 e. The molecule has 2 heterocycles. The van der Waals surface area contributed by atoms with E-state index in [2.05, 4.69) is 0 Å². The Balaban J connectivity index is 1.38. The summed E-state index contributed by atoms with van der Waals surface area (Å²) in [7, 11) is 0. The van der Waals surface area contributed by atoms with E-state index >= 15 is 0 Å². The van der Waals surface area contributed by atoms with Gasteiger partial charge in [0.25, 0.3) is 5.56 Å². The van der Waals surface area contributed by atoms with Crippen molar-refractivity contribution in [2.45, 2.75) is 33.4 Å². The second-order valence-electron chi connectivity index (χ2n) is 11.2. The Hall–Kier alpha value is -5.74. The average molecular weight is 689 g/mol. The second-order valence-corrected chi connectivity index (χ2v) is 12.2. The van der Waals surface area contributed by atoms with E-state index in [1.54, 1.807) is 42.7 Å². The Morgan fingerprint density at radius 2 is 1.46 bits per heavy atom. The summed E-state index contributed by atoms with van der Waals surface area (Å²) in [6.45, 7) is 6.57. The number of esters is 2. The van der Waals surface area contributed by atoms with Crippen LogP contribution in [0.15, 0.2) is 118 Å². The summed E-state index contributed by atoms with van der Waals surface area (Å²) in [6.07, 6.45) is 1.79. The number of aromatic nitrogens is 1. The lowest BCUT2D eigenvalue weighted by Gasteiger charge is -2.25. The number of hydrogen-bond donors (Lipinski definition) is 0. The van der Waals surface area contributed by atoms with Gasteiger partial charge in [0.1, 0.15) is 6.61 Å². The van der Waals surface area contributed by atoms with Crippen molar-refractivity contribution in [1.82, 2.24) is 4.57 Å². The Morgan fingerprint density at radius 3 is 2.14 bits per heavy atom. The molecular weight excluding hydrogens is 653 g/mol. The van der Waals surface area contributed by atoms with Crippen LogP contribution in [0.2, 0.25) is 0 Å². The molecule has 5 aromatic rings. The lowest BCUT2D eigenvalue weighted by Crippen LogP contribution is -2.39. The first kappa shape index (κ1) is 34.1. The standard InChI is InChI=1S/C40H36N2O7S/c1-4-46-32-23-27(19-22-31(32)49-25-26-17-20-30(21-18-26)38(44)47-5-2)24-33-37(43)42-36(29-15-11-8-12-16-29)34(39(45)48-6-3)35(41-40(42)50-33)28-13-9-7-10-14-28/h7-24,36H,4-6,25H2,1-3H3/b33-24-/t36-/m1/s1. The van der Waals surface area contributed by atoms with E-state index in [1.807, 2.05) is 91.9 Å². The minimum absolute atomic E-state index is 0.181. The zero-order chi connectivity index (χ0) is 35.0. The summed E-state index contributed by atoms with van der Waals surface area (Å²) >= 11 is 1.25. The van der Waals surface area contributed by atoms with Gasteiger partial charge in [0, 0.05) is 5.56 Å². The number of hydrogen-bond acceptors (Lipinski definition) is 9.